The number of hydrogen-bond donors (Lipinski definition) is 2. The Morgan fingerprint density at radius 2 is 2.28 bits per heavy atom. The number of amides is 1. The average Bonchev–Trinajstić information content (AvgIpc) is 2.54. The van der Waals surface area contributed by atoms with Crippen molar-refractivity contribution in [3.05, 3.63) is 16.4 Å². The van der Waals surface area contributed by atoms with Crippen molar-refractivity contribution >= 4 is 17.5 Å². The van der Waals surface area contributed by atoms with Gasteiger partial charge in [0.25, 0.3) is 0 Å². The van der Waals surface area contributed by atoms with E-state index in [9.17, 15) is 9.90 Å². The van der Waals surface area contributed by atoms with Gasteiger partial charge in [-0.15, -0.1) is 0 Å². The van der Waals surface area contributed by atoms with Crippen LogP contribution in [0.25, 0.3) is 0 Å². The van der Waals surface area contributed by atoms with Gasteiger partial charge in [0, 0.05) is 19.2 Å². The number of rotatable bonds is 6. The van der Waals surface area contributed by atoms with Gasteiger partial charge >= 0.3 is 0 Å². The normalized spacial score (nSPS) is 12.5. The summed E-state index contributed by atoms with van der Waals surface area (Å²) in [7, 11) is 1.74. The standard InChI is InChI=1S/C12H20ClN3O2/c1-4-5-9(17)7-14-11(18)6-10-8(2)15-16(3)12(10)13/h9,17H,4-7H2,1-3H3,(H,14,18). The summed E-state index contributed by atoms with van der Waals surface area (Å²) in [6.45, 7) is 4.09. The van der Waals surface area contributed by atoms with Gasteiger partial charge in [0.2, 0.25) is 5.91 Å². The van der Waals surface area contributed by atoms with Crippen LogP contribution in [0.3, 0.4) is 0 Å². The maximum absolute atomic E-state index is 11.7. The molecular formula is C12H20ClN3O2. The number of carbonyl (C=O) groups is 1. The molecule has 1 atom stereocenters. The monoisotopic (exact) mass is 273 g/mol. The van der Waals surface area contributed by atoms with E-state index in [1.807, 2.05) is 13.8 Å². The Morgan fingerprint density at radius 3 is 2.78 bits per heavy atom. The number of nitrogens with one attached hydrogen (secondary N) is 1. The first-order chi connectivity index (χ1) is 8.45. The second kappa shape index (κ2) is 6.75. The van der Waals surface area contributed by atoms with Crippen molar-refractivity contribution in [3.63, 3.8) is 0 Å². The average molecular weight is 274 g/mol. The third kappa shape index (κ3) is 3.99. The number of aryl methyl sites for hydroxylation is 2. The van der Waals surface area contributed by atoms with Gasteiger partial charge in [-0.25, -0.2) is 0 Å². The van der Waals surface area contributed by atoms with Gasteiger partial charge in [0.05, 0.1) is 18.2 Å². The van der Waals surface area contributed by atoms with Gasteiger partial charge in [0.15, 0.2) is 0 Å². The lowest BCUT2D eigenvalue weighted by Crippen LogP contribution is -2.33. The van der Waals surface area contributed by atoms with Crippen molar-refractivity contribution < 1.29 is 9.90 Å². The van der Waals surface area contributed by atoms with Crippen LogP contribution < -0.4 is 5.32 Å². The molecule has 0 aliphatic rings. The molecule has 0 fully saturated rings. The Morgan fingerprint density at radius 1 is 1.61 bits per heavy atom. The second-order valence-corrected chi connectivity index (χ2v) is 4.76. The molecule has 1 rings (SSSR count). The van der Waals surface area contributed by atoms with E-state index in [4.69, 9.17) is 11.6 Å². The van der Waals surface area contributed by atoms with Gasteiger partial charge in [-0.05, 0) is 13.3 Å². The molecule has 0 saturated carbocycles. The number of aliphatic hydroxyl groups excluding tert-OH is 1. The molecule has 1 amide bonds. The predicted octanol–water partition coefficient (Wildman–Crippen LogP) is 1.20. The summed E-state index contributed by atoms with van der Waals surface area (Å²) in [5.41, 5.74) is 1.49. The molecule has 6 heteroatoms. The molecule has 0 aliphatic heterocycles. The fourth-order valence-corrected chi connectivity index (χ4v) is 2.01. The Hall–Kier alpha value is -1.07. The highest BCUT2D eigenvalue weighted by Gasteiger charge is 2.15. The highest BCUT2D eigenvalue weighted by Crippen LogP contribution is 2.18. The van der Waals surface area contributed by atoms with Crippen molar-refractivity contribution in [1.82, 2.24) is 15.1 Å². The molecule has 2 N–H and O–H groups in total. The van der Waals surface area contributed by atoms with Crippen LogP contribution in [0.2, 0.25) is 5.15 Å². The Labute approximate surface area is 112 Å². The lowest BCUT2D eigenvalue weighted by Gasteiger charge is -2.10. The third-order valence-corrected chi connectivity index (χ3v) is 3.24. The fourth-order valence-electron chi connectivity index (χ4n) is 1.76. The van der Waals surface area contributed by atoms with Gasteiger partial charge in [0.1, 0.15) is 5.15 Å². The number of halogens is 1. The molecule has 5 nitrogen and oxygen atoms in total. The number of nitrogens with zero attached hydrogens (tertiary/aromatic N) is 2. The second-order valence-electron chi connectivity index (χ2n) is 4.40. The molecule has 1 aromatic rings. The number of aromatic nitrogens is 2. The van der Waals surface area contributed by atoms with Gasteiger partial charge in [-0.3, -0.25) is 9.48 Å². The van der Waals surface area contributed by atoms with Crippen molar-refractivity contribution in [2.75, 3.05) is 6.54 Å². The first-order valence-electron chi connectivity index (χ1n) is 6.08. The lowest BCUT2D eigenvalue weighted by molar-refractivity contribution is -0.120. The Balaban J connectivity index is 2.50. The zero-order valence-corrected chi connectivity index (χ0v) is 11.8. The third-order valence-electron chi connectivity index (χ3n) is 2.76. The van der Waals surface area contributed by atoms with E-state index in [0.29, 0.717) is 11.6 Å². The van der Waals surface area contributed by atoms with Crippen molar-refractivity contribution in [1.29, 1.82) is 0 Å². The molecule has 1 heterocycles. The molecule has 0 radical (unpaired) electrons. The molecule has 102 valence electrons. The zero-order valence-electron chi connectivity index (χ0n) is 11.0. The molecule has 0 aliphatic carbocycles. The van der Waals surface area contributed by atoms with Crippen molar-refractivity contribution in [2.45, 2.75) is 39.2 Å². The summed E-state index contributed by atoms with van der Waals surface area (Å²) in [6.07, 6.45) is 1.29. The minimum absolute atomic E-state index is 0.150. The summed E-state index contributed by atoms with van der Waals surface area (Å²) in [6, 6.07) is 0. The Bertz CT molecular complexity index is 418. The first kappa shape index (κ1) is 15.0. The maximum Gasteiger partial charge on any atom is 0.224 e. The van der Waals surface area contributed by atoms with Crippen molar-refractivity contribution in [3.8, 4) is 0 Å². The van der Waals surface area contributed by atoms with Gasteiger partial charge < -0.3 is 10.4 Å². The minimum atomic E-state index is -0.482. The molecule has 1 unspecified atom stereocenters. The van der Waals surface area contributed by atoms with E-state index in [1.54, 1.807) is 11.7 Å². The summed E-state index contributed by atoms with van der Waals surface area (Å²) in [5.74, 6) is -0.150. The molecule has 18 heavy (non-hydrogen) atoms. The SMILES string of the molecule is CCCC(O)CNC(=O)Cc1c(C)nn(C)c1Cl. The van der Waals surface area contributed by atoms with Crippen LogP contribution in [0.15, 0.2) is 0 Å². The molecule has 0 bridgehead atoms. The molecular weight excluding hydrogens is 254 g/mol. The van der Waals surface area contributed by atoms with E-state index in [0.717, 1.165) is 17.7 Å². The maximum atomic E-state index is 11.7. The van der Waals surface area contributed by atoms with E-state index in [2.05, 4.69) is 10.4 Å². The molecule has 0 saturated heterocycles. The number of carbonyl (C=O) groups excluding carboxylic acids is 1. The van der Waals surface area contributed by atoms with Crippen molar-refractivity contribution in [2.24, 2.45) is 7.05 Å². The van der Waals surface area contributed by atoms with Crippen LogP contribution in [-0.2, 0) is 18.3 Å². The zero-order chi connectivity index (χ0) is 13.7. The number of aliphatic hydroxyl groups is 1. The molecule has 0 aromatic carbocycles. The van der Waals surface area contributed by atoms with E-state index >= 15 is 0 Å². The van der Waals surface area contributed by atoms with Crippen LogP contribution in [0.5, 0.6) is 0 Å². The van der Waals surface area contributed by atoms with Crippen LogP contribution in [0.4, 0.5) is 0 Å². The van der Waals surface area contributed by atoms with Gasteiger partial charge in [-0.1, -0.05) is 24.9 Å². The van der Waals surface area contributed by atoms with Crippen LogP contribution in [-0.4, -0.2) is 33.4 Å². The van der Waals surface area contributed by atoms with Crippen LogP contribution in [0, 0.1) is 6.92 Å². The largest absolute Gasteiger partial charge is 0.391 e. The smallest absolute Gasteiger partial charge is 0.224 e. The fraction of sp³-hybridized carbons (Fsp3) is 0.667. The van der Waals surface area contributed by atoms with E-state index in [1.165, 1.54) is 0 Å². The minimum Gasteiger partial charge on any atom is -0.391 e. The first-order valence-corrected chi connectivity index (χ1v) is 6.46. The summed E-state index contributed by atoms with van der Waals surface area (Å²) in [5, 5.41) is 16.8. The summed E-state index contributed by atoms with van der Waals surface area (Å²) >= 11 is 6.04. The quantitative estimate of drug-likeness (QED) is 0.818. The van der Waals surface area contributed by atoms with Crippen LogP contribution in [0.1, 0.15) is 31.0 Å². The summed E-state index contributed by atoms with van der Waals surface area (Å²) in [4.78, 5) is 11.7. The van der Waals surface area contributed by atoms with E-state index in [-0.39, 0.29) is 18.9 Å². The Kier molecular flexibility index (Phi) is 5.62. The van der Waals surface area contributed by atoms with E-state index < -0.39 is 6.10 Å². The predicted molar refractivity (Wildman–Crippen MR) is 70.6 cm³/mol. The lowest BCUT2D eigenvalue weighted by atomic mass is 10.1. The van der Waals surface area contributed by atoms with Gasteiger partial charge in [-0.2, -0.15) is 5.10 Å². The molecule has 1 aromatic heterocycles. The highest BCUT2D eigenvalue weighted by atomic mass is 35.5. The summed E-state index contributed by atoms with van der Waals surface area (Å²) < 4.78 is 1.55. The molecule has 0 spiro atoms. The number of hydrogen-bond acceptors (Lipinski definition) is 3. The highest BCUT2D eigenvalue weighted by molar-refractivity contribution is 6.30. The topological polar surface area (TPSA) is 67.2 Å². The van der Waals surface area contributed by atoms with Crippen LogP contribution >= 0.6 is 11.6 Å².